The quantitative estimate of drug-likeness (QED) is 0.493. The molecule has 1 heterocycles. The van der Waals surface area contributed by atoms with Crippen molar-refractivity contribution in [3.63, 3.8) is 0 Å². The Balaban J connectivity index is 1.99. The molecule has 9 nitrogen and oxygen atoms in total. The first-order valence-corrected chi connectivity index (χ1v) is 13.4. The Morgan fingerprint density at radius 2 is 1.70 bits per heavy atom. The fourth-order valence-corrected chi connectivity index (χ4v) is 5.98. The van der Waals surface area contributed by atoms with E-state index in [0.717, 1.165) is 26.2 Å². The number of carbonyl (C=O) groups excluding carboxylic acids is 2. The van der Waals surface area contributed by atoms with E-state index in [2.05, 4.69) is 5.32 Å². The van der Waals surface area contributed by atoms with Crippen LogP contribution in [0.1, 0.15) is 18.1 Å². The molecule has 2 amide bonds. The van der Waals surface area contributed by atoms with E-state index in [0.29, 0.717) is 11.4 Å². The van der Waals surface area contributed by atoms with Crippen molar-refractivity contribution in [2.24, 2.45) is 11.7 Å². The molecule has 4 rings (SSSR count). The van der Waals surface area contributed by atoms with Crippen molar-refractivity contribution < 1.29 is 18.0 Å². The van der Waals surface area contributed by atoms with Gasteiger partial charge in [-0.2, -0.15) is 12.7 Å². The van der Waals surface area contributed by atoms with Gasteiger partial charge in [-0.05, 0) is 54.9 Å². The van der Waals surface area contributed by atoms with Crippen molar-refractivity contribution in [3.05, 3.63) is 71.8 Å². The van der Waals surface area contributed by atoms with Gasteiger partial charge in [0.05, 0.1) is 23.8 Å². The van der Waals surface area contributed by atoms with E-state index in [1.165, 1.54) is 25.3 Å². The SMILES string of the molecule is CNC(C)(C(N)=O)[C@@H]1CN(S(=O)(=O)N(C)C)c2ccccc2N(Cc2c(C)ccc3ccccc23)C1=O. The number of likely N-dealkylation sites (N-methyl/N-ethyl adjacent to an activating group) is 1. The second kappa shape index (κ2) is 9.77. The van der Waals surface area contributed by atoms with Gasteiger partial charge in [-0.25, -0.2) is 0 Å². The number of hydrogen-bond acceptors (Lipinski definition) is 5. The van der Waals surface area contributed by atoms with E-state index >= 15 is 0 Å². The molecule has 3 aromatic rings. The zero-order chi connectivity index (χ0) is 27.1. The summed E-state index contributed by atoms with van der Waals surface area (Å²) >= 11 is 0. The number of aryl methyl sites for hydroxylation is 1. The minimum absolute atomic E-state index is 0.188. The van der Waals surface area contributed by atoms with E-state index in [4.69, 9.17) is 5.73 Å². The zero-order valence-electron chi connectivity index (χ0n) is 21.7. The zero-order valence-corrected chi connectivity index (χ0v) is 22.5. The van der Waals surface area contributed by atoms with Crippen molar-refractivity contribution in [1.82, 2.24) is 9.62 Å². The molecule has 0 saturated heterocycles. The third-order valence-corrected chi connectivity index (χ3v) is 9.24. The molecule has 1 unspecified atom stereocenters. The summed E-state index contributed by atoms with van der Waals surface area (Å²) in [7, 11) is 0.389. The molecule has 0 radical (unpaired) electrons. The summed E-state index contributed by atoms with van der Waals surface area (Å²) < 4.78 is 29.3. The second-order valence-corrected chi connectivity index (χ2v) is 11.8. The van der Waals surface area contributed by atoms with Crippen LogP contribution in [0.15, 0.2) is 60.7 Å². The maximum absolute atomic E-state index is 14.4. The minimum Gasteiger partial charge on any atom is -0.368 e. The van der Waals surface area contributed by atoms with Crippen LogP contribution < -0.4 is 20.3 Å². The van der Waals surface area contributed by atoms with Gasteiger partial charge in [0, 0.05) is 20.6 Å². The van der Waals surface area contributed by atoms with E-state index < -0.39 is 33.5 Å². The lowest BCUT2D eigenvalue weighted by molar-refractivity contribution is -0.133. The van der Waals surface area contributed by atoms with Crippen LogP contribution in [0, 0.1) is 12.8 Å². The predicted octanol–water partition coefficient (Wildman–Crippen LogP) is 2.39. The number of benzene rings is 3. The summed E-state index contributed by atoms with van der Waals surface area (Å²) in [5.74, 6) is -2.25. The van der Waals surface area contributed by atoms with Crippen LogP contribution in [0.25, 0.3) is 10.8 Å². The molecule has 3 aromatic carbocycles. The van der Waals surface area contributed by atoms with Crippen LogP contribution in [0.2, 0.25) is 0 Å². The number of carbonyl (C=O) groups is 2. The molecular formula is C27H33N5O4S. The molecule has 1 aliphatic rings. The van der Waals surface area contributed by atoms with Crippen molar-refractivity contribution in [1.29, 1.82) is 0 Å². The van der Waals surface area contributed by atoms with Crippen LogP contribution in [0.3, 0.4) is 0 Å². The fraction of sp³-hybridized carbons (Fsp3) is 0.333. The number of rotatable bonds is 7. The summed E-state index contributed by atoms with van der Waals surface area (Å²) in [4.78, 5) is 28.6. The predicted molar refractivity (Wildman–Crippen MR) is 146 cm³/mol. The van der Waals surface area contributed by atoms with Crippen LogP contribution in [0.4, 0.5) is 11.4 Å². The molecule has 1 aliphatic heterocycles. The van der Waals surface area contributed by atoms with Crippen molar-refractivity contribution in [3.8, 4) is 0 Å². The first-order valence-electron chi connectivity index (χ1n) is 12.0. The summed E-state index contributed by atoms with van der Waals surface area (Å²) in [6.45, 7) is 3.45. The van der Waals surface area contributed by atoms with Crippen LogP contribution in [-0.4, -0.2) is 57.8 Å². The van der Waals surface area contributed by atoms with E-state index in [1.54, 1.807) is 36.2 Å². The number of nitrogens with zero attached hydrogens (tertiary/aromatic N) is 3. The molecule has 0 bridgehead atoms. The van der Waals surface area contributed by atoms with Gasteiger partial charge in [-0.1, -0.05) is 48.5 Å². The minimum atomic E-state index is -4.02. The van der Waals surface area contributed by atoms with Crippen LogP contribution >= 0.6 is 0 Å². The molecule has 0 saturated carbocycles. The lowest BCUT2D eigenvalue weighted by atomic mass is 9.83. The highest BCUT2D eigenvalue weighted by Gasteiger charge is 2.49. The monoisotopic (exact) mass is 523 g/mol. The second-order valence-electron chi connectivity index (χ2n) is 9.69. The molecule has 0 spiro atoms. The molecular weight excluding hydrogens is 490 g/mol. The van der Waals surface area contributed by atoms with E-state index in [1.807, 2.05) is 43.3 Å². The average molecular weight is 524 g/mol. The molecule has 3 N–H and O–H groups in total. The van der Waals surface area contributed by atoms with Gasteiger partial charge in [0.25, 0.3) is 0 Å². The van der Waals surface area contributed by atoms with Crippen molar-refractivity contribution >= 4 is 44.2 Å². The smallest absolute Gasteiger partial charge is 0.303 e. The van der Waals surface area contributed by atoms with Gasteiger partial charge in [-0.15, -0.1) is 0 Å². The van der Waals surface area contributed by atoms with Crippen LogP contribution in [0.5, 0.6) is 0 Å². The van der Waals surface area contributed by atoms with Crippen LogP contribution in [-0.2, 0) is 26.3 Å². The van der Waals surface area contributed by atoms with Crippen molar-refractivity contribution in [2.75, 3.05) is 36.9 Å². The summed E-state index contributed by atoms with van der Waals surface area (Å²) in [6, 6.07) is 18.9. The highest BCUT2D eigenvalue weighted by Crippen LogP contribution is 2.40. The van der Waals surface area contributed by atoms with Crippen molar-refractivity contribution in [2.45, 2.75) is 25.9 Å². The number of primary amides is 1. The van der Waals surface area contributed by atoms with Gasteiger partial charge in [0.15, 0.2) is 0 Å². The Morgan fingerprint density at radius 3 is 2.32 bits per heavy atom. The Hall–Kier alpha value is -3.47. The number of nitrogens with one attached hydrogen (secondary N) is 1. The standard InChI is InChI=1S/C27H33N5O4S/c1-18-14-15-19-10-6-7-11-20(19)21(18)16-31-23-12-8-9-13-24(23)32(37(35,36)30(4)5)17-22(25(31)33)27(2,29-3)26(28)34/h6-15,22,29H,16-17H2,1-5H3,(H2,28,34)/t22-,27?/m1/s1. The molecule has 2 atom stereocenters. The Labute approximate surface area is 218 Å². The average Bonchev–Trinajstić information content (AvgIpc) is 3.00. The van der Waals surface area contributed by atoms with E-state index in [9.17, 15) is 18.0 Å². The van der Waals surface area contributed by atoms with Gasteiger partial charge in [0.1, 0.15) is 5.54 Å². The summed E-state index contributed by atoms with van der Waals surface area (Å²) in [6.07, 6.45) is 0. The summed E-state index contributed by atoms with van der Waals surface area (Å²) in [5.41, 5.74) is 7.01. The third kappa shape index (κ3) is 4.45. The van der Waals surface area contributed by atoms with E-state index in [-0.39, 0.29) is 13.1 Å². The fourth-order valence-electron chi connectivity index (χ4n) is 4.84. The number of anilines is 2. The first-order chi connectivity index (χ1) is 17.4. The maximum atomic E-state index is 14.4. The largest absolute Gasteiger partial charge is 0.368 e. The number of para-hydroxylation sites is 2. The number of nitrogens with two attached hydrogens (primary N) is 1. The Bertz CT molecular complexity index is 1470. The van der Waals surface area contributed by atoms with Gasteiger partial charge in [0.2, 0.25) is 11.8 Å². The molecule has 0 aliphatic carbocycles. The number of fused-ring (bicyclic) bond motifs is 2. The topological polar surface area (TPSA) is 116 Å². The number of hydrogen-bond donors (Lipinski definition) is 2. The molecule has 10 heteroatoms. The van der Waals surface area contributed by atoms with Gasteiger partial charge in [-0.3, -0.25) is 13.9 Å². The molecule has 0 fully saturated rings. The van der Waals surface area contributed by atoms with Gasteiger partial charge < -0.3 is 16.0 Å². The molecule has 37 heavy (non-hydrogen) atoms. The normalized spacial score (nSPS) is 18.0. The van der Waals surface area contributed by atoms with Gasteiger partial charge >= 0.3 is 10.2 Å². The molecule has 0 aromatic heterocycles. The highest BCUT2D eigenvalue weighted by molar-refractivity contribution is 7.90. The third-order valence-electron chi connectivity index (χ3n) is 7.41. The number of amides is 2. The summed E-state index contributed by atoms with van der Waals surface area (Å²) in [5, 5.41) is 4.93. The Kier molecular flexibility index (Phi) is 7.02. The lowest BCUT2D eigenvalue weighted by Gasteiger charge is -2.37. The first kappa shape index (κ1) is 26.6. The maximum Gasteiger partial charge on any atom is 0.303 e. The lowest BCUT2D eigenvalue weighted by Crippen LogP contribution is -2.63. The Morgan fingerprint density at radius 1 is 1.08 bits per heavy atom. The highest BCUT2D eigenvalue weighted by atomic mass is 32.2. The molecule has 196 valence electrons.